The van der Waals surface area contributed by atoms with Crippen LogP contribution in [0.25, 0.3) is 0 Å². The number of primary amides is 1. The van der Waals surface area contributed by atoms with Crippen molar-refractivity contribution in [2.45, 2.75) is 5.92 Å². The fourth-order valence-corrected chi connectivity index (χ4v) is 2.68. The number of carbonyl (C=O) groups excluding carboxylic acids is 2. The molecule has 0 spiro atoms. The smallest absolute Gasteiger partial charge is 0.445 e. The lowest BCUT2D eigenvalue weighted by atomic mass is 10.0. The zero-order valence-electron chi connectivity index (χ0n) is 8.18. The molecule has 1 aromatic heterocycles. The molecule has 0 aliphatic rings. The summed E-state index contributed by atoms with van der Waals surface area (Å²) in [6, 6.07) is 1.45. The summed E-state index contributed by atoms with van der Waals surface area (Å²) in [4.78, 5) is 31.5. The van der Waals surface area contributed by atoms with Crippen molar-refractivity contribution in [2.75, 3.05) is 6.61 Å². The van der Waals surface area contributed by atoms with Gasteiger partial charge < -0.3 is 10.5 Å². The number of nitroso groups, excluding NO2 is 1. The lowest BCUT2D eigenvalue weighted by molar-refractivity contribution is -0.120. The second-order valence-electron chi connectivity index (χ2n) is 2.90. The van der Waals surface area contributed by atoms with Crippen LogP contribution >= 0.6 is 34.5 Å². The molecule has 0 aliphatic heterocycles. The quantitative estimate of drug-likeness (QED) is 0.863. The van der Waals surface area contributed by atoms with Crippen LogP contribution in [0.2, 0.25) is 8.67 Å². The maximum absolute atomic E-state index is 11.2. The highest BCUT2D eigenvalue weighted by atomic mass is 35.5. The van der Waals surface area contributed by atoms with Gasteiger partial charge in [-0.05, 0) is 11.6 Å². The van der Waals surface area contributed by atoms with E-state index in [0.29, 0.717) is 9.90 Å². The average molecular weight is 297 g/mol. The first kappa shape index (κ1) is 13.9. The molecule has 9 heteroatoms. The van der Waals surface area contributed by atoms with Gasteiger partial charge in [0.15, 0.2) is 0 Å². The first-order valence-corrected chi connectivity index (χ1v) is 5.77. The maximum Gasteiger partial charge on any atom is 0.470 e. The summed E-state index contributed by atoms with van der Waals surface area (Å²) in [7, 11) is 0. The summed E-state index contributed by atoms with van der Waals surface area (Å²) in [5.74, 6) is -1.71. The van der Waals surface area contributed by atoms with Crippen molar-refractivity contribution in [1.29, 1.82) is 0 Å². The van der Waals surface area contributed by atoms with Crippen molar-refractivity contribution in [1.82, 2.24) is 0 Å². The summed E-state index contributed by atoms with van der Waals surface area (Å²) in [6.45, 7) is -0.410. The van der Waals surface area contributed by atoms with E-state index in [-0.39, 0.29) is 4.34 Å². The van der Waals surface area contributed by atoms with Crippen molar-refractivity contribution in [3.05, 3.63) is 25.2 Å². The molecule has 1 atom stereocenters. The minimum absolute atomic E-state index is 0.272. The van der Waals surface area contributed by atoms with E-state index in [1.54, 1.807) is 0 Å². The Morgan fingerprint density at radius 3 is 2.59 bits per heavy atom. The van der Waals surface area contributed by atoms with Gasteiger partial charge in [0.05, 0.1) is 19.8 Å². The fraction of sp³-hybridized carbons (Fsp3) is 0.250. The van der Waals surface area contributed by atoms with Gasteiger partial charge in [0.25, 0.3) is 0 Å². The number of carbonyl (C=O) groups is 2. The number of halogens is 2. The topological polar surface area (TPSA) is 98.8 Å². The third-order valence-corrected chi connectivity index (χ3v) is 3.37. The van der Waals surface area contributed by atoms with Gasteiger partial charge in [0.2, 0.25) is 5.91 Å². The highest BCUT2D eigenvalue weighted by molar-refractivity contribution is 7.20. The van der Waals surface area contributed by atoms with Crippen LogP contribution in [-0.2, 0) is 9.53 Å². The Hall–Kier alpha value is -1.18. The summed E-state index contributed by atoms with van der Waals surface area (Å²) in [5, 5.41) is 2.02. The largest absolute Gasteiger partial charge is 0.470 e. The molecule has 2 amide bonds. The second-order valence-corrected chi connectivity index (χ2v) is 5.19. The monoisotopic (exact) mass is 296 g/mol. The average Bonchev–Trinajstić information content (AvgIpc) is 2.57. The molecule has 1 heterocycles. The van der Waals surface area contributed by atoms with Gasteiger partial charge in [-0.15, -0.1) is 16.2 Å². The first-order chi connectivity index (χ1) is 7.95. The SMILES string of the molecule is NC(=O)C(COC(=O)N=O)c1cc(Cl)sc1Cl. The predicted octanol–water partition coefficient (Wildman–Crippen LogP) is 2.53. The third kappa shape index (κ3) is 3.65. The molecule has 0 saturated heterocycles. The molecule has 0 bridgehead atoms. The number of nitrogens with two attached hydrogens (primary N) is 1. The maximum atomic E-state index is 11.2. The molecule has 92 valence electrons. The number of nitrogens with zero attached hydrogens (tertiary/aromatic N) is 1. The minimum atomic E-state index is -1.33. The molecular weight excluding hydrogens is 291 g/mol. The molecule has 17 heavy (non-hydrogen) atoms. The minimum Gasteiger partial charge on any atom is -0.445 e. The van der Waals surface area contributed by atoms with Crippen LogP contribution in [0.5, 0.6) is 0 Å². The summed E-state index contributed by atoms with van der Waals surface area (Å²) < 4.78 is 5.06. The van der Waals surface area contributed by atoms with Gasteiger partial charge in [0.1, 0.15) is 6.61 Å². The Labute approximate surface area is 110 Å². The number of amides is 2. The van der Waals surface area contributed by atoms with E-state index >= 15 is 0 Å². The molecule has 0 radical (unpaired) electrons. The number of ether oxygens (including phenoxy) is 1. The predicted molar refractivity (Wildman–Crippen MR) is 63.4 cm³/mol. The van der Waals surface area contributed by atoms with Crippen molar-refractivity contribution in [3.8, 4) is 0 Å². The Balaban J connectivity index is 2.86. The zero-order valence-corrected chi connectivity index (χ0v) is 10.5. The lowest BCUT2D eigenvalue weighted by Crippen LogP contribution is -2.26. The molecule has 0 fully saturated rings. The van der Waals surface area contributed by atoms with Gasteiger partial charge in [-0.2, -0.15) is 0 Å². The lowest BCUT2D eigenvalue weighted by Gasteiger charge is -2.11. The van der Waals surface area contributed by atoms with E-state index < -0.39 is 24.5 Å². The Bertz CT molecular complexity index is 462. The number of rotatable bonds is 4. The summed E-state index contributed by atoms with van der Waals surface area (Å²) in [6.07, 6.45) is -1.33. The van der Waals surface area contributed by atoms with Crippen LogP contribution in [-0.4, -0.2) is 18.6 Å². The molecule has 1 unspecified atom stereocenters. The van der Waals surface area contributed by atoms with Crippen molar-refractivity contribution >= 4 is 46.5 Å². The molecule has 0 aromatic carbocycles. The standard InChI is InChI=1S/C8H6Cl2N2O4S/c9-5-1-3(6(10)17-5)4(7(11)13)2-16-8(14)12-15/h1,4H,2H2,(H2,11,13). The van der Waals surface area contributed by atoms with E-state index in [4.69, 9.17) is 28.9 Å². The van der Waals surface area contributed by atoms with Gasteiger partial charge >= 0.3 is 6.09 Å². The van der Waals surface area contributed by atoms with Crippen molar-refractivity contribution < 1.29 is 14.3 Å². The first-order valence-electron chi connectivity index (χ1n) is 4.20. The van der Waals surface area contributed by atoms with E-state index in [2.05, 4.69) is 4.74 Å². The molecule has 6 nitrogen and oxygen atoms in total. The van der Waals surface area contributed by atoms with E-state index in [0.717, 1.165) is 11.3 Å². The molecular formula is C8H6Cl2N2O4S. The van der Waals surface area contributed by atoms with Crippen molar-refractivity contribution in [2.24, 2.45) is 10.9 Å². The zero-order chi connectivity index (χ0) is 13.0. The summed E-state index contributed by atoms with van der Waals surface area (Å²) in [5.41, 5.74) is 5.49. The van der Waals surface area contributed by atoms with Crippen LogP contribution in [0.3, 0.4) is 0 Å². The molecule has 1 aromatic rings. The second kappa shape index (κ2) is 5.95. The number of hydrogen-bond acceptors (Lipinski definition) is 5. The third-order valence-electron chi connectivity index (χ3n) is 1.85. The Morgan fingerprint density at radius 1 is 1.53 bits per heavy atom. The van der Waals surface area contributed by atoms with E-state index in [9.17, 15) is 14.5 Å². The normalized spacial score (nSPS) is 11.9. The van der Waals surface area contributed by atoms with Crippen LogP contribution in [0, 0.1) is 4.91 Å². The van der Waals surface area contributed by atoms with Crippen LogP contribution in [0.4, 0.5) is 4.79 Å². The Morgan fingerprint density at radius 2 is 2.18 bits per heavy atom. The van der Waals surface area contributed by atoms with Gasteiger partial charge in [-0.1, -0.05) is 23.2 Å². The number of thiophene rings is 1. The molecule has 2 N–H and O–H groups in total. The van der Waals surface area contributed by atoms with Gasteiger partial charge in [0, 0.05) is 0 Å². The Kier molecular flexibility index (Phi) is 4.86. The summed E-state index contributed by atoms with van der Waals surface area (Å²) >= 11 is 12.6. The molecule has 1 rings (SSSR count). The molecule has 0 saturated carbocycles. The van der Waals surface area contributed by atoms with Crippen LogP contribution in [0.15, 0.2) is 11.2 Å². The highest BCUT2D eigenvalue weighted by Gasteiger charge is 2.24. The van der Waals surface area contributed by atoms with Gasteiger partial charge in [-0.3, -0.25) is 4.79 Å². The van der Waals surface area contributed by atoms with Crippen LogP contribution in [0.1, 0.15) is 11.5 Å². The van der Waals surface area contributed by atoms with E-state index in [1.165, 1.54) is 6.07 Å². The van der Waals surface area contributed by atoms with Crippen LogP contribution < -0.4 is 5.73 Å². The van der Waals surface area contributed by atoms with Gasteiger partial charge in [-0.25, -0.2) is 4.79 Å². The highest BCUT2D eigenvalue weighted by Crippen LogP contribution is 2.35. The molecule has 0 aliphatic carbocycles. The van der Waals surface area contributed by atoms with E-state index in [1.807, 2.05) is 5.18 Å². The fourth-order valence-electron chi connectivity index (χ4n) is 1.10. The van der Waals surface area contributed by atoms with Crippen molar-refractivity contribution in [3.63, 3.8) is 0 Å². The number of hydrogen-bond donors (Lipinski definition) is 1.